The van der Waals surface area contributed by atoms with E-state index >= 15 is 0 Å². The molecule has 0 aromatic carbocycles. The highest BCUT2D eigenvalue weighted by molar-refractivity contribution is 14.1. The molecule has 0 aromatic rings. The standard InChI is InChI=1S/C12H22F3IO4SSi/c1-11(2,3)22(4,5)20-10(7-6-8-16)9-19-21(17,18)12(13,14)15/h6,8,10H,7,9H2,1-5H3/b8-6+/t10-/m1/s1. The average molecular weight is 474 g/mol. The van der Waals surface area contributed by atoms with Crippen molar-refractivity contribution in [2.24, 2.45) is 0 Å². The quantitative estimate of drug-likeness (QED) is 0.235. The molecule has 1 atom stereocenters. The summed E-state index contributed by atoms with van der Waals surface area (Å²) in [6.45, 7) is 9.17. The van der Waals surface area contributed by atoms with Crippen LogP contribution in [0.2, 0.25) is 18.1 Å². The van der Waals surface area contributed by atoms with E-state index in [0.29, 0.717) is 0 Å². The SMILES string of the molecule is CC(C)(C)[Si](C)(C)O[C@H](C/C=C/I)COS(=O)(=O)C(F)(F)F. The van der Waals surface area contributed by atoms with Crippen molar-refractivity contribution in [1.29, 1.82) is 0 Å². The van der Waals surface area contributed by atoms with Crippen LogP contribution in [-0.2, 0) is 18.7 Å². The zero-order valence-corrected chi connectivity index (χ0v) is 17.2. The van der Waals surface area contributed by atoms with Crippen LogP contribution in [0, 0.1) is 0 Å². The van der Waals surface area contributed by atoms with Gasteiger partial charge >= 0.3 is 15.6 Å². The molecule has 0 saturated heterocycles. The molecule has 0 bridgehead atoms. The summed E-state index contributed by atoms with van der Waals surface area (Å²) in [5, 5.41) is -0.151. The fourth-order valence-electron chi connectivity index (χ4n) is 1.18. The van der Waals surface area contributed by atoms with Gasteiger partial charge in [0.2, 0.25) is 0 Å². The third kappa shape index (κ3) is 6.85. The molecule has 0 amide bonds. The smallest absolute Gasteiger partial charge is 0.411 e. The highest BCUT2D eigenvalue weighted by Gasteiger charge is 2.48. The van der Waals surface area contributed by atoms with E-state index in [9.17, 15) is 21.6 Å². The fourth-order valence-corrected chi connectivity index (χ4v) is 3.29. The summed E-state index contributed by atoms with van der Waals surface area (Å²) in [5.74, 6) is 0. The van der Waals surface area contributed by atoms with Crippen LogP contribution in [-0.4, -0.2) is 35.0 Å². The maximum atomic E-state index is 12.3. The van der Waals surface area contributed by atoms with Gasteiger partial charge < -0.3 is 4.43 Å². The van der Waals surface area contributed by atoms with Crippen LogP contribution in [0.3, 0.4) is 0 Å². The van der Waals surface area contributed by atoms with Crippen LogP contribution in [0.5, 0.6) is 0 Å². The summed E-state index contributed by atoms with van der Waals surface area (Å²) in [5.41, 5.74) is -5.42. The Labute approximate surface area is 144 Å². The van der Waals surface area contributed by atoms with Crippen LogP contribution >= 0.6 is 22.6 Å². The lowest BCUT2D eigenvalue weighted by Crippen LogP contribution is -2.45. The number of hydrogen-bond donors (Lipinski definition) is 0. The van der Waals surface area contributed by atoms with Gasteiger partial charge in [0, 0.05) is 0 Å². The van der Waals surface area contributed by atoms with E-state index in [2.05, 4.69) is 4.18 Å². The number of alkyl halides is 3. The molecule has 0 radical (unpaired) electrons. The number of rotatable bonds is 7. The summed E-state index contributed by atoms with van der Waals surface area (Å²) in [4.78, 5) is 0. The van der Waals surface area contributed by atoms with Gasteiger partial charge in [0.05, 0.1) is 12.7 Å². The Morgan fingerprint density at radius 3 is 2.09 bits per heavy atom. The van der Waals surface area contributed by atoms with Crippen molar-refractivity contribution < 1.29 is 30.2 Å². The van der Waals surface area contributed by atoms with E-state index in [-0.39, 0.29) is 11.5 Å². The van der Waals surface area contributed by atoms with Gasteiger partial charge in [-0.25, -0.2) is 0 Å². The topological polar surface area (TPSA) is 52.6 Å². The first kappa shape index (κ1) is 22.3. The Kier molecular flexibility index (Phi) is 8.07. The third-order valence-electron chi connectivity index (χ3n) is 3.45. The maximum Gasteiger partial charge on any atom is 0.523 e. The van der Waals surface area contributed by atoms with Gasteiger partial charge in [-0.15, -0.1) is 0 Å². The predicted octanol–water partition coefficient (Wildman–Crippen LogP) is 4.58. The van der Waals surface area contributed by atoms with E-state index in [4.69, 9.17) is 4.43 Å². The molecule has 0 fully saturated rings. The average Bonchev–Trinajstić information content (AvgIpc) is 2.29. The molecule has 0 spiro atoms. The number of halogens is 4. The molecule has 10 heteroatoms. The second-order valence-corrected chi connectivity index (χ2v) is 13.4. The van der Waals surface area contributed by atoms with E-state index < -0.39 is 36.7 Å². The minimum Gasteiger partial charge on any atom is -0.411 e. The van der Waals surface area contributed by atoms with Crippen LogP contribution < -0.4 is 0 Å². The van der Waals surface area contributed by atoms with Gasteiger partial charge in [-0.3, -0.25) is 4.18 Å². The largest absolute Gasteiger partial charge is 0.523 e. The molecule has 0 unspecified atom stereocenters. The van der Waals surface area contributed by atoms with Crippen molar-refractivity contribution in [3.05, 3.63) is 10.2 Å². The summed E-state index contributed by atoms with van der Waals surface area (Å²) in [7, 11) is -7.85. The van der Waals surface area contributed by atoms with E-state index in [1.807, 2.05) is 56.5 Å². The Morgan fingerprint density at radius 1 is 1.23 bits per heavy atom. The lowest BCUT2D eigenvalue weighted by Gasteiger charge is -2.39. The molecular weight excluding hydrogens is 452 g/mol. The van der Waals surface area contributed by atoms with Crippen molar-refractivity contribution in [2.45, 2.75) is 56.9 Å². The van der Waals surface area contributed by atoms with Gasteiger partial charge in [-0.05, 0) is 28.6 Å². The fraction of sp³-hybridized carbons (Fsp3) is 0.833. The summed E-state index contributed by atoms with van der Waals surface area (Å²) < 4.78 is 70.6. The molecular formula is C12H22F3IO4SSi. The van der Waals surface area contributed by atoms with Crippen LogP contribution in [0.25, 0.3) is 0 Å². The summed E-state index contributed by atoms with van der Waals surface area (Å²) >= 11 is 1.97. The van der Waals surface area contributed by atoms with Crippen LogP contribution in [0.15, 0.2) is 10.2 Å². The van der Waals surface area contributed by atoms with Gasteiger partial charge in [-0.2, -0.15) is 21.6 Å². The first-order valence-electron chi connectivity index (χ1n) is 6.53. The van der Waals surface area contributed by atoms with Gasteiger partial charge in [-0.1, -0.05) is 49.4 Å². The zero-order valence-electron chi connectivity index (χ0n) is 13.2. The minimum atomic E-state index is -5.60. The van der Waals surface area contributed by atoms with Crippen molar-refractivity contribution in [3.8, 4) is 0 Å². The Morgan fingerprint density at radius 2 is 1.73 bits per heavy atom. The minimum absolute atomic E-state index is 0.151. The molecule has 0 rings (SSSR count). The Bertz CT molecular complexity index is 484. The molecule has 0 N–H and O–H groups in total. The molecule has 0 aliphatic heterocycles. The molecule has 0 aliphatic rings. The first-order valence-corrected chi connectivity index (χ1v) is 12.1. The highest BCUT2D eigenvalue weighted by atomic mass is 127. The molecule has 0 heterocycles. The number of hydrogen-bond acceptors (Lipinski definition) is 4. The zero-order chi connectivity index (χ0) is 17.8. The lowest BCUT2D eigenvalue weighted by atomic mass is 10.2. The molecule has 4 nitrogen and oxygen atoms in total. The van der Waals surface area contributed by atoms with Crippen molar-refractivity contribution in [3.63, 3.8) is 0 Å². The maximum absolute atomic E-state index is 12.3. The monoisotopic (exact) mass is 474 g/mol. The molecule has 0 aromatic heterocycles. The van der Waals surface area contributed by atoms with Crippen LogP contribution in [0.4, 0.5) is 13.2 Å². The summed E-state index contributed by atoms with van der Waals surface area (Å²) in [6, 6.07) is 0. The van der Waals surface area contributed by atoms with Crippen molar-refractivity contribution in [1.82, 2.24) is 0 Å². The lowest BCUT2D eigenvalue weighted by molar-refractivity contribution is -0.0561. The second-order valence-electron chi connectivity index (χ2n) is 6.28. The van der Waals surface area contributed by atoms with Gasteiger partial charge in [0.25, 0.3) is 0 Å². The van der Waals surface area contributed by atoms with Crippen LogP contribution in [0.1, 0.15) is 27.2 Å². The third-order valence-corrected chi connectivity index (χ3v) is 9.50. The van der Waals surface area contributed by atoms with E-state index in [1.165, 1.54) is 0 Å². The highest BCUT2D eigenvalue weighted by Crippen LogP contribution is 2.38. The van der Waals surface area contributed by atoms with Crippen molar-refractivity contribution in [2.75, 3.05) is 6.61 Å². The molecule has 132 valence electrons. The van der Waals surface area contributed by atoms with Gasteiger partial charge in [0.1, 0.15) is 0 Å². The molecule has 0 saturated carbocycles. The van der Waals surface area contributed by atoms with Gasteiger partial charge in [0.15, 0.2) is 8.32 Å². The van der Waals surface area contributed by atoms with Crippen molar-refractivity contribution >= 4 is 41.0 Å². The van der Waals surface area contributed by atoms with E-state index in [1.54, 1.807) is 10.2 Å². The summed E-state index contributed by atoms with van der Waals surface area (Å²) in [6.07, 6.45) is 1.23. The molecule has 0 aliphatic carbocycles. The first-order chi connectivity index (χ1) is 9.64. The second kappa shape index (κ2) is 7.95. The Hall–Kier alpha value is 0.347. The van der Waals surface area contributed by atoms with E-state index in [0.717, 1.165) is 0 Å². The Balaban J connectivity index is 5.03. The molecule has 22 heavy (non-hydrogen) atoms. The normalized spacial score (nSPS) is 16.2. The predicted molar refractivity (Wildman–Crippen MR) is 90.8 cm³/mol.